The Balaban J connectivity index is 1.25. The van der Waals surface area contributed by atoms with Crippen LogP contribution in [0.3, 0.4) is 0 Å². The SMILES string of the molecule is O=C(CC1=CSC2=NCCCN12)NCCc1noc(-c2ccccc2)n1. The van der Waals surface area contributed by atoms with Crippen molar-refractivity contribution in [3.63, 3.8) is 0 Å². The molecule has 0 spiro atoms. The second kappa shape index (κ2) is 7.74. The van der Waals surface area contributed by atoms with Crippen LogP contribution in [0.5, 0.6) is 0 Å². The van der Waals surface area contributed by atoms with Crippen molar-refractivity contribution in [3.05, 3.63) is 47.3 Å². The van der Waals surface area contributed by atoms with Gasteiger partial charge in [0.05, 0.1) is 6.42 Å². The van der Waals surface area contributed by atoms with Gasteiger partial charge in [-0.2, -0.15) is 4.98 Å². The summed E-state index contributed by atoms with van der Waals surface area (Å²) in [6.07, 6.45) is 1.93. The van der Waals surface area contributed by atoms with Crippen LogP contribution in [0.4, 0.5) is 0 Å². The molecule has 2 aromatic rings. The highest BCUT2D eigenvalue weighted by atomic mass is 32.2. The van der Waals surface area contributed by atoms with Gasteiger partial charge < -0.3 is 14.7 Å². The number of amides is 1. The summed E-state index contributed by atoms with van der Waals surface area (Å²) in [5, 5.41) is 9.93. The zero-order valence-electron chi connectivity index (χ0n) is 14.2. The Bertz CT molecular complexity index is 846. The number of thioether (sulfide) groups is 1. The molecule has 0 aliphatic carbocycles. The Morgan fingerprint density at radius 3 is 3.08 bits per heavy atom. The van der Waals surface area contributed by atoms with Crippen LogP contribution in [0, 0.1) is 0 Å². The third-order valence-corrected chi connectivity index (χ3v) is 5.12. The fraction of sp³-hybridized carbons (Fsp3) is 0.333. The number of benzene rings is 1. The molecule has 0 atom stereocenters. The summed E-state index contributed by atoms with van der Waals surface area (Å²) in [4.78, 5) is 23.2. The van der Waals surface area contributed by atoms with Crippen molar-refractivity contribution in [1.82, 2.24) is 20.4 Å². The molecule has 1 aromatic heterocycles. The lowest BCUT2D eigenvalue weighted by molar-refractivity contribution is -0.120. The van der Waals surface area contributed by atoms with Gasteiger partial charge in [0.1, 0.15) is 0 Å². The first kappa shape index (κ1) is 16.8. The summed E-state index contributed by atoms with van der Waals surface area (Å²) in [7, 11) is 0. The average molecular weight is 369 g/mol. The van der Waals surface area contributed by atoms with Gasteiger partial charge in [0.15, 0.2) is 11.0 Å². The van der Waals surface area contributed by atoms with E-state index in [1.165, 1.54) is 0 Å². The van der Waals surface area contributed by atoms with Gasteiger partial charge in [-0.15, -0.1) is 0 Å². The molecule has 2 aliphatic heterocycles. The topological polar surface area (TPSA) is 83.6 Å². The predicted molar refractivity (Wildman–Crippen MR) is 100 cm³/mol. The number of carbonyl (C=O) groups is 1. The molecule has 0 fully saturated rings. The lowest BCUT2D eigenvalue weighted by Gasteiger charge is -2.25. The summed E-state index contributed by atoms with van der Waals surface area (Å²) in [5.74, 6) is 1.08. The zero-order chi connectivity index (χ0) is 17.8. The first-order valence-electron chi connectivity index (χ1n) is 8.62. The molecule has 0 saturated carbocycles. The summed E-state index contributed by atoms with van der Waals surface area (Å²) in [6.45, 7) is 2.30. The number of hydrogen-bond acceptors (Lipinski definition) is 7. The van der Waals surface area contributed by atoms with Gasteiger partial charge in [-0.05, 0) is 24.0 Å². The maximum Gasteiger partial charge on any atom is 0.257 e. The van der Waals surface area contributed by atoms with Crippen molar-refractivity contribution in [2.45, 2.75) is 19.3 Å². The molecule has 0 unspecified atom stereocenters. The molecule has 0 bridgehead atoms. The fourth-order valence-electron chi connectivity index (χ4n) is 2.87. The number of nitrogens with one attached hydrogen (secondary N) is 1. The first-order valence-corrected chi connectivity index (χ1v) is 9.50. The summed E-state index contributed by atoms with van der Waals surface area (Å²) >= 11 is 1.60. The molecule has 1 N–H and O–H groups in total. The van der Waals surface area contributed by atoms with E-state index in [4.69, 9.17) is 4.52 Å². The van der Waals surface area contributed by atoms with Gasteiger partial charge in [-0.1, -0.05) is 35.1 Å². The van der Waals surface area contributed by atoms with Crippen LogP contribution in [-0.2, 0) is 11.2 Å². The normalized spacial score (nSPS) is 16.1. The Labute approximate surface area is 155 Å². The van der Waals surface area contributed by atoms with Crippen LogP contribution in [-0.4, -0.2) is 45.7 Å². The molecule has 1 aromatic carbocycles. The van der Waals surface area contributed by atoms with Gasteiger partial charge in [0, 0.05) is 37.3 Å². The molecular weight excluding hydrogens is 350 g/mol. The van der Waals surface area contributed by atoms with E-state index in [1.807, 2.05) is 35.7 Å². The van der Waals surface area contributed by atoms with Crippen molar-refractivity contribution in [2.24, 2.45) is 4.99 Å². The highest BCUT2D eigenvalue weighted by molar-refractivity contribution is 8.16. The molecular formula is C18H19N5O2S. The van der Waals surface area contributed by atoms with Crippen LogP contribution in [0.15, 0.2) is 51.0 Å². The van der Waals surface area contributed by atoms with E-state index in [0.29, 0.717) is 31.1 Å². The van der Waals surface area contributed by atoms with E-state index < -0.39 is 0 Å². The summed E-state index contributed by atoms with van der Waals surface area (Å²) in [5.41, 5.74) is 1.91. The highest BCUT2D eigenvalue weighted by Gasteiger charge is 2.25. The largest absolute Gasteiger partial charge is 0.355 e. The zero-order valence-corrected chi connectivity index (χ0v) is 15.0. The second-order valence-electron chi connectivity index (χ2n) is 6.06. The van der Waals surface area contributed by atoms with E-state index >= 15 is 0 Å². The monoisotopic (exact) mass is 369 g/mol. The van der Waals surface area contributed by atoms with Crippen molar-refractivity contribution in [2.75, 3.05) is 19.6 Å². The minimum absolute atomic E-state index is 0.00421. The van der Waals surface area contributed by atoms with Crippen LogP contribution in [0.2, 0.25) is 0 Å². The van der Waals surface area contributed by atoms with E-state index in [1.54, 1.807) is 11.8 Å². The van der Waals surface area contributed by atoms with E-state index in [2.05, 4.69) is 25.3 Å². The fourth-order valence-corrected chi connectivity index (χ4v) is 3.82. The Kier molecular flexibility index (Phi) is 5.01. The van der Waals surface area contributed by atoms with Crippen LogP contribution >= 0.6 is 11.8 Å². The molecule has 4 rings (SSSR count). The van der Waals surface area contributed by atoms with E-state index in [-0.39, 0.29) is 5.91 Å². The molecule has 7 nitrogen and oxygen atoms in total. The van der Waals surface area contributed by atoms with Gasteiger partial charge in [-0.3, -0.25) is 9.79 Å². The number of hydrogen-bond donors (Lipinski definition) is 1. The Morgan fingerprint density at radius 1 is 1.31 bits per heavy atom. The van der Waals surface area contributed by atoms with Crippen molar-refractivity contribution >= 4 is 22.8 Å². The second-order valence-corrected chi connectivity index (χ2v) is 6.89. The maximum atomic E-state index is 12.2. The van der Waals surface area contributed by atoms with Gasteiger partial charge in [-0.25, -0.2) is 0 Å². The van der Waals surface area contributed by atoms with Crippen molar-refractivity contribution in [1.29, 1.82) is 0 Å². The smallest absolute Gasteiger partial charge is 0.257 e. The first-order chi connectivity index (χ1) is 12.8. The molecule has 8 heteroatoms. The lowest BCUT2D eigenvalue weighted by atomic mass is 10.2. The van der Waals surface area contributed by atoms with E-state index in [9.17, 15) is 4.79 Å². The molecule has 3 heterocycles. The quantitative estimate of drug-likeness (QED) is 0.842. The number of amidine groups is 1. The number of nitrogens with zero attached hydrogens (tertiary/aromatic N) is 4. The predicted octanol–water partition coefficient (Wildman–Crippen LogP) is 2.44. The summed E-state index contributed by atoms with van der Waals surface area (Å²) in [6, 6.07) is 9.63. The summed E-state index contributed by atoms with van der Waals surface area (Å²) < 4.78 is 5.27. The van der Waals surface area contributed by atoms with E-state index in [0.717, 1.165) is 35.9 Å². The Hall–Kier alpha value is -2.61. The third kappa shape index (κ3) is 3.80. The van der Waals surface area contributed by atoms with Crippen LogP contribution < -0.4 is 5.32 Å². The lowest BCUT2D eigenvalue weighted by Crippen LogP contribution is -2.33. The van der Waals surface area contributed by atoms with Crippen LogP contribution in [0.1, 0.15) is 18.7 Å². The highest BCUT2D eigenvalue weighted by Crippen LogP contribution is 2.30. The molecule has 0 saturated heterocycles. The van der Waals surface area contributed by atoms with Crippen molar-refractivity contribution in [3.8, 4) is 11.5 Å². The van der Waals surface area contributed by atoms with Crippen molar-refractivity contribution < 1.29 is 9.32 Å². The number of aliphatic imine (C=N–C) groups is 1. The number of carbonyl (C=O) groups excluding carboxylic acids is 1. The average Bonchev–Trinajstić information content (AvgIpc) is 3.30. The molecule has 2 aliphatic rings. The van der Waals surface area contributed by atoms with Gasteiger partial charge in [0.2, 0.25) is 5.91 Å². The number of fused-ring (bicyclic) bond motifs is 1. The molecule has 134 valence electrons. The van der Waals surface area contributed by atoms with Gasteiger partial charge in [0.25, 0.3) is 5.89 Å². The maximum absolute atomic E-state index is 12.2. The Morgan fingerprint density at radius 2 is 2.19 bits per heavy atom. The standard InChI is InChI=1S/C18H19N5O2S/c24-16(11-14-12-26-18-20-8-4-10-23(14)18)19-9-7-15-21-17(25-22-15)13-5-2-1-3-6-13/h1-3,5-6,12H,4,7-11H2,(H,19,24). The van der Waals surface area contributed by atoms with Gasteiger partial charge >= 0.3 is 0 Å². The minimum atomic E-state index is -0.00421. The molecule has 0 radical (unpaired) electrons. The minimum Gasteiger partial charge on any atom is -0.355 e. The number of aromatic nitrogens is 2. The number of rotatable bonds is 6. The molecule has 1 amide bonds. The third-order valence-electron chi connectivity index (χ3n) is 4.17. The van der Waals surface area contributed by atoms with Crippen LogP contribution in [0.25, 0.3) is 11.5 Å². The molecule has 26 heavy (non-hydrogen) atoms.